The second-order valence-electron chi connectivity index (χ2n) is 9.26. The molecule has 3 nitrogen and oxygen atoms in total. The molecule has 1 amide bonds. The van der Waals surface area contributed by atoms with Gasteiger partial charge in [-0.1, -0.05) is 33.8 Å². The van der Waals surface area contributed by atoms with E-state index < -0.39 is 6.10 Å². The summed E-state index contributed by atoms with van der Waals surface area (Å²) in [6.45, 7) is 12.8. The molecule has 0 fully saturated rings. The summed E-state index contributed by atoms with van der Waals surface area (Å²) in [7, 11) is 0. The van der Waals surface area contributed by atoms with Crippen molar-refractivity contribution < 1.29 is 9.53 Å². The van der Waals surface area contributed by atoms with E-state index in [1.807, 2.05) is 13.0 Å². The molecule has 1 aliphatic carbocycles. The molecule has 2 rings (SSSR count). The summed E-state index contributed by atoms with van der Waals surface area (Å²) in [6.07, 6.45) is 5.93. The van der Waals surface area contributed by atoms with E-state index in [2.05, 4.69) is 52.1 Å². The lowest BCUT2D eigenvalue weighted by Gasteiger charge is -2.34. The molecule has 0 spiro atoms. The van der Waals surface area contributed by atoms with Gasteiger partial charge in [0.05, 0.1) is 0 Å². The normalized spacial score (nSPS) is 16.1. The van der Waals surface area contributed by atoms with Crippen molar-refractivity contribution in [3.63, 3.8) is 0 Å². The van der Waals surface area contributed by atoms with Crippen molar-refractivity contribution in [3.05, 3.63) is 29.3 Å². The third-order valence-electron chi connectivity index (χ3n) is 4.70. The molecule has 0 unspecified atom stereocenters. The molecular formula is C22H35NO2. The minimum absolute atomic E-state index is 0.0190. The standard InChI is InChI=1S/C22H35NO2/c1-7-19(20(24)23-22(5,6)15-21(2,3)4)25-18-13-12-16-10-8-9-11-17(16)14-18/h12-14,19H,7-11,15H2,1-6H3,(H,23,24)/t19-/m0/s1. The van der Waals surface area contributed by atoms with E-state index >= 15 is 0 Å². The maximum atomic E-state index is 12.7. The first kappa shape index (κ1) is 19.8. The number of fused-ring (bicyclic) bond motifs is 1. The van der Waals surface area contributed by atoms with Crippen molar-refractivity contribution in [2.45, 2.75) is 91.7 Å². The predicted octanol–water partition coefficient (Wildman–Crippen LogP) is 5.05. The Morgan fingerprint density at radius 2 is 1.76 bits per heavy atom. The number of amides is 1. The highest BCUT2D eigenvalue weighted by molar-refractivity contribution is 5.81. The molecule has 1 aromatic carbocycles. The molecule has 1 atom stereocenters. The van der Waals surface area contributed by atoms with Crippen LogP contribution in [0.5, 0.6) is 5.75 Å². The van der Waals surface area contributed by atoms with Gasteiger partial charge in [0.2, 0.25) is 0 Å². The minimum atomic E-state index is -0.444. The SMILES string of the molecule is CC[C@H](Oc1ccc2c(c1)CCCC2)C(=O)NC(C)(C)CC(C)(C)C. The highest BCUT2D eigenvalue weighted by Gasteiger charge is 2.30. The van der Waals surface area contributed by atoms with Gasteiger partial charge in [0.25, 0.3) is 5.91 Å². The first-order valence-corrected chi connectivity index (χ1v) is 9.70. The van der Waals surface area contributed by atoms with Gasteiger partial charge in [-0.3, -0.25) is 4.79 Å². The van der Waals surface area contributed by atoms with Gasteiger partial charge >= 0.3 is 0 Å². The number of aryl methyl sites for hydroxylation is 2. The summed E-state index contributed by atoms with van der Waals surface area (Å²) in [6, 6.07) is 6.31. The average molecular weight is 346 g/mol. The van der Waals surface area contributed by atoms with E-state index in [9.17, 15) is 4.79 Å². The van der Waals surface area contributed by atoms with Crippen molar-refractivity contribution in [2.24, 2.45) is 5.41 Å². The first-order chi connectivity index (χ1) is 11.6. The zero-order chi connectivity index (χ0) is 18.7. The van der Waals surface area contributed by atoms with Crippen LogP contribution in [0.25, 0.3) is 0 Å². The first-order valence-electron chi connectivity index (χ1n) is 9.70. The van der Waals surface area contributed by atoms with E-state index in [4.69, 9.17) is 4.74 Å². The van der Waals surface area contributed by atoms with Crippen molar-refractivity contribution >= 4 is 5.91 Å². The van der Waals surface area contributed by atoms with Gasteiger partial charge < -0.3 is 10.1 Å². The highest BCUT2D eigenvalue weighted by Crippen LogP contribution is 2.28. The van der Waals surface area contributed by atoms with E-state index in [1.54, 1.807) is 0 Å². The molecule has 1 N–H and O–H groups in total. The average Bonchev–Trinajstić information content (AvgIpc) is 2.49. The summed E-state index contributed by atoms with van der Waals surface area (Å²) >= 11 is 0. The van der Waals surface area contributed by atoms with Crippen LogP contribution < -0.4 is 10.1 Å². The number of hydrogen-bond acceptors (Lipinski definition) is 2. The lowest BCUT2D eigenvalue weighted by atomic mass is 9.81. The molecule has 0 saturated heterocycles. The van der Waals surface area contributed by atoms with Crippen LogP contribution in [-0.4, -0.2) is 17.6 Å². The zero-order valence-corrected chi connectivity index (χ0v) is 16.9. The molecule has 0 heterocycles. The fourth-order valence-electron chi connectivity index (χ4n) is 4.05. The molecule has 0 aromatic heterocycles. The van der Waals surface area contributed by atoms with Crippen LogP contribution in [0.2, 0.25) is 0 Å². The third kappa shape index (κ3) is 6.05. The number of ether oxygens (including phenoxy) is 1. The Bertz CT molecular complexity index is 599. The van der Waals surface area contributed by atoms with Gasteiger partial charge in [-0.05, 0) is 81.0 Å². The van der Waals surface area contributed by atoms with Crippen LogP contribution in [0.15, 0.2) is 18.2 Å². The van der Waals surface area contributed by atoms with Crippen LogP contribution in [-0.2, 0) is 17.6 Å². The summed E-state index contributed by atoms with van der Waals surface area (Å²) in [4.78, 5) is 12.7. The minimum Gasteiger partial charge on any atom is -0.481 e. The van der Waals surface area contributed by atoms with Gasteiger partial charge in [0.1, 0.15) is 5.75 Å². The number of hydrogen-bond donors (Lipinski definition) is 1. The quantitative estimate of drug-likeness (QED) is 0.783. The third-order valence-corrected chi connectivity index (χ3v) is 4.70. The number of benzene rings is 1. The largest absolute Gasteiger partial charge is 0.481 e. The summed E-state index contributed by atoms with van der Waals surface area (Å²) < 4.78 is 6.06. The Balaban J connectivity index is 2.03. The molecule has 1 aliphatic rings. The molecular weight excluding hydrogens is 310 g/mol. The number of rotatable bonds is 6. The van der Waals surface area contributed by atoms with E-state index in [0.29, 0.717) is 6.42 Å². The fourth-order valence-corrected chi connectivity index (χ4v) is 4.05. The van der Waals surface area contributed by atoms with Crippen LogP contribution in [0.1, 0.15) is 78.4 Å². The molecule has 3 heteroatoms. The van der Waals surface area contributed by atoms with Gasteiger partial charge in [-0.2, -0.15) is 0 Å². The van der Waals surface area contributed by atoms with E-state index in [-0.39, 0.29) is 16.9 Å². The van der Waals surface area contributed by atoms with Crippen molar-refractivity contribution in [1.29, 1.82) is 0 Å². The Morgan fingerprint density at radius 3 is 2.36 bits per heavy atom. The predicted molar refractivity (Wildman–Crippen MR) is 104 cm³/mol. The van der Waals surface area contributed by atoms with Gasteiger partial charge in [0.15, 0.2) is 6.10 Å². The summed E-state index contributed by atoms with van der Waals surface area (Å²) in [5.41, 5.74) is 2.73. The lowest BCUT2D eigenvalue weighted by molar-refractivity contribution is -0.130. The molecule has 25 heavy (non-hydrogen) atoms. The molecule has 0 saturated carbocycles. The van der Waals surface area contributed by atoms with Gasteiger partial charge in [-0.15, -0.1) is 0 Å². The van der Waals surface area contributed by atoms with Gasteiger partial charge in [-0.25, -0.2) is 0 Å². The van der Waals surface area contributed by atoms with Crippen LogP contribution >= 0.6 is 0 Å². The Morgan fingerprint density at radius 1 is 1.12 bits per heavy atom. The van der Waals surface area contributed by atoms with E-state index in [1.165, 1.54) is 24.0 Å². The molecule has 140 valence electrons. The molecule has 0 aliphatic heterocycles. The molecule has 1 aromatic rings. The van der Waals surface area contributed by atoms with Crippen molar-refractivity contribution in [3.8, 4) is 5.75 Å². The monoisotopic (exact) mass is 345 g/mol. The topological polar surface area (TPSA) is 38.3 Å². The van der Waals surface area contributed by atoms with Crippen molar-refractivity contribution in [1.82, 2.24) is 5.32 Å². The number of nitrogens with one attached hydrogen (secondary N) is 1. The Labute approximate surface area is 153 Å². The highest BCUT2D eigenvalue weighted by atomic mass is 16.5. The van der Waals surface area contributed by atoms with E-state index in [0.717, 1.165) is 25.0 Å². The maximum absolute atomic E-state index is 12.7. The maximum Gasteiger partial charge on any atom is 0.261 e. The summed E-state index contributed by atoms with van der Waals surface area (Å²) in [5, 5.41) is 3.18. The second kappa shape index (κ2) is 7.80. The molecule has 0 radical (unpaired) electrons. The second-order valence-corrected chi connectivity index (χ2v) is 9.26. The van der Waals surface area contributed by atoms with Crippen molar-refractivity contribution in [2.75, 3.05) is 0 Å². The lowest BCUT2D eigenvalue weighted by Crippen LogP contribution is -2.50. The van der Waals surface area contributed by atoms with Gasteiger partial charge in [0, 0.05) is 5.54 Å². The Kier molecular flexibility index (Phi) is 6.18. The molecule has 0 bridgehead atoms. The Hall–Kier alpha value is -1.51. The number of carbonyl (C=O) groups is 1. The fraction of sp³-hybridized carbons (Fsp3) is 0.682. The smallest absolute Gasteiger partial charge is 0.261 e. The van der Waals surface area contributed by atoms with Crippen LogP contribution in [0, 0.1) is 5.41 Å². The van der Waals surface area contributed by atoms with Crippen LogP contribution in [0.4, 0.5) is 0 Å². The number of carbonyl (C=O) groups excluding carboxylic acids is 1. The zero-order valence-electron chi connectivity index (χ0n) is 16.9. The van der Waals surface area contributed by atoms with Crippen LogP contribution in [0.3, 0.4) is 0 Å². The summed E-state index contributed by atoms with van der Waals surface area (Å²) in [5.74, 6) is 0.797.